The lowest BCUT2D eigenvalue weighted by atomic mass is 10.2. The average molecular weight is 323 g/mol. The molecule has 0 aliphatic heterocycles. The molecule has 0 aliphatic carbocycles. The number of anilines is 1. The zero-order chi connectivity index (χ0) is 15.4. The summed E-state index contributed by atoms with van der Waals surface area (Å²) in [6, 6.07) is 0. The van der Waals surface area contributed by atoms with Crippen molar-refractivity contribution in [2.75, 3.05) is 5.32 Å². The lowest BCUT2D eigenvalue weighted by molar-refractivity contribution is 0.102. The molecule has 0 saturated heterocycles. The third-order valence-corrected chi connectivity index (χ3v) is 4.34. The summed E-state index contributed by atoms with van der Waals surface area (Å²) in [7, 11) is 0. The van der Waals surface area contributed by atoms with E-state index in [-0.39, 0.29) is 11.8 Å². The van der Waals surface area contributed by atoms with Crippen molar-refractivity contribution in [3.8, 4) is 0 Å². The molecule has 2 heterocycles. The normalized spacial score (nSPS) is 11.1. The number of hydrogen-bond acceptors (Lipinski definition) is 7. The van der Waals surface area contributed by atoms with Gasteiger partial charge < -0.3 is 0 Å². The Bertz CT molecular complexity index is 609. The first-order valence-corrected chi connectivity index (χ1v) is 8.28. The van der Waals surface area contributed by atoms with Crippen LogP contribution in [0.15, 0.2) is 16.7 Å². The molecular weight excluding hydrogens is 306 g/mol. The van der Waals surface area contributed by atoms with Crippen molar-refractivity contribution in [1.82, 2.24) is 20.2 Å². The Hall–Kier alpha value is -1.54. The maximum Gasteiger partial charge on any atom is 0.260 e. The van der Waals surface area contributed by atoms with Crippen LogP contribution in [0.4, 0.5) is 5.13 Å². The third kappa shape index (κ3) is 4.47. The molecule has 0 aliphatic rings. The number of amides is 1. The molecule has 0 bridgehead atoms. The first-order valence-electron chi connectivity index (χ1n) is 6.59. The first-order chi connectivity index (χ1) is 9.95. The van der Waals surface area contributed by atoms with E-state index in [1.807, 2.05) is 13.8 Å². The number of rotatable bonds is 5. The average Bonchev–Trinajstić information content (AvgIpc) is 2.85. The first kappa shape index (κ1) is 15.8. The fourth-order valence-corrected chi connectivity index (χ4v) is 3.40. The molecule has 0 radical (unpaired) electrons. The van der Waals surface area contributed by atoms with Gasteiger partial charge in [-0.15, -0.1) is 10.2 Å². The van der Waals surface area contributed by atoms with Gasteiger partial charge in [0, 0.05) is 23.6 Å². The van der Waals surface area contributed by atoms with Crippen LogP contribution in [0.5, 0.6) is 0 Å². The highest BCUT2D eigenvalue weighted by Gasteiger charge is 2.12. The van der Waals surface area contributed by atoms with Crippen LogP contribution >= 0.6 is 23.1 Å². The standard InChI is InChI=1S/C13H17N5OS2/c1-7(2)10-14-5-9(6-15-10)11(19)16-12-17-18-13(21-12)20-8(3)4/h5-8H,1-4H3,(H,16,17,19). The molecule has 0 atom stereocenters. The predicted octanol–water partition coefficient (Wildman–Crippen LogP) is 3.20. The lowest BCUT2D eigenvalue weighted by Gasteiger charge is -2.04. The molecule has 0 fully saturated rings. The zero-order valence-electron chi connectivity index (χ0n) is 12.3. The predicted molar refractivity (Wildman–Crippen MR) is 85.0 cm³/mol. The monoisotopic (exact) mass is 323 g/mol. The Morgan fingerprint density at radius 2 is 1.86 bits per heavy atom. The van der Waals surface area contributed by atoms with Crippen molar-refractivity contribution in [2.45, 2.75) is 43.2 Å². The van der Waals surface area contributed by atoms with Crippen LogP contribution in [-0.4, -0.2) is 31.3 Å². The van der Waals surface area contributed by atoms with E-state index >= 15 is 0 Å². The molecule has 0 saturated carbocycles. The van der Waals surface area contributed by atoms with E-state index in [2.05, 4.69) is 39.3 Å². The molecule has 112 valence electrons. The summed E-state index contributed by atoms with van der Waals surface area (Å²) in [5.41, 5.74) is 0.410. The number of nitrogens with one attached hydrogen (secondary N) is 1. The maximum absolute atomic E-state index is 12.1. The van der Waals surface area contributed by atoms with Gasteiger partial charge in [0.05, 0.1) is 5.56 Å². The number of hydrogen-bond donors (Lipinski definition) is 1. The molecule has 0 unspecified atom stereocenters. The molecule has 0 aromatic carbocycles. The van der Waals surface area contributed by atoms with Gasteiger partial charge in [-0.2, -0.15) is 0 Å². The Morgan fingerprint density at radius 1 is 1.19 bits per heavy atom. The number of carbonyl (C=O) groups excluding carboxylic acids is 1. The number of carbonyl (C=O) groups is 1. The Labute approximate surface area is 131 Å². The number of aromatic nitrogens is 4. The van der Waals surface area contributed by atoms with Gasteiger partial charge in [-0.1, -0.05) is 50.8 Å². The van der Waals surface area contributed by atoms with Crippen LogP contribution in [0.25, 0.3) is 0 Å². The van der Waals surface area contributed by atoms with E-state index in [0.717, 1.165) is 10.2 Å². The third-order valence-electron chi connectivity index (χ3n) is 2.41. The second kappa shape index (κ2) is 6.95. The molecule has 0 spiro atoms. The topological polar surface area (TPSA) is 80.7 Å². The van der Waals surface area contributed by atoms with Crippen LogP contribution < -0.4 is 5.32 Å². The summed E-state index contributed by atoms with van der Waals surface area (Å²) in [4.78, 5) is 20.4. The Kier molecular flexibility index (Phi) is 5.24. The summed E-state index contributed by atoms with van der Waals surface area (Å²) in [5, 5.41) is 11.6. The summed E-state index contributed by atoms with van der Waals surface area (Å²) in [5.74, 6) is 0.682. The molecule has 2 aromatic heterocycles. The molecule has 2 rings (SSSR count). The van der Waals surface area contributed by atoms with Gasteiger partial charge in [0.25, 0.3) is 5.91 Å². The largest absolute Gasteiger partial charge is 0.296 e. The minimum absolute atomic E-state index is 0.237. The van der Waals surface area contributed by atoms with Crippen LogP contribution in [0, 0.1) is 0 Å². The van der Waals surface area contributed by atoms with Crippen molar-refractivity contribution >= 4 is 34.1 Å². The SMILES string of the molecule is CC(C)Sc1nnc(NC(=O)c2cnc(C(C)C)nc2)s1. The van der Waals surface area contributed by atoms with Gasteiger partial charge >= 0.3 is 0 Å². The van der Waals surface area contributed by atoms with Gasteiger partial charge in [0.1, 0.15) is 5.82 Å². The van der Waals surface area contributed by atoms with E-state index in [9.17, 15) is 4.79 Å². The van der Waals surface area contributed by atoms with E-state index in [1.165, 1.54) is 23.7 Å². The summed E-state index contributed by atoms with van der Waals surface area (Å²) in [6.45, 7) is 8.17. The van der Waals surface area contributed by atoms with E-state index in [4.69, 9.17) is 0 Å². The fourth-order valence-electron chi connectivity index (χ4n) is 1.43. The van der Waals surface area contributed by atoms with Gasteiger partial charge in [0.2, 0.25) is 5.13 Å². The van der Waals surface area contributed by atoms with Crippen molar-refractivity contribution in [3.05, 3.63) is 23.8 Å². The highest BCUT2D eigenvalue weighted by Crippen LogP contribution is 2.28. The second-order valence-electron chi connectivity index (χ2n) is 4.98. The van der Waals surface area contributed by atoms with Gasteiger partial charge in [-0.05, 0) is 0 Å². The zero-order valence-corrected chi connectivity index (χ0v) is 14.0. The molecule has 8 heteroatoms. The molecule has 6 nitrogen and oxygen atoms in total. The van der Waals surface area contributed by atoms with Crippen molar-refractivity contribution in [2.24, 2.45) is 0 Å². The quantitative estimate of drug-likeness (QED) is 0.672. The van der Waals surface area contributed by atoms with Gasteiger partial charge in [0.15, 0.2) is 4.34 Å². The lowest BCUT2D eigenvalue weighted by Crippen LogP contribution is -2.13. The van der Waals surface area contributed by atoms with Crippen molar-refractivity contribution in [3.63, 3.8) is 0 Å². The smallest absolute Gasteiger partial charge is 0.260 e. The summed E-state index contributed by atoms with van der Waals surface area (Å²) in [6.07, 6.45) is 3.06. The van der Waals surface area contributed by atoms with Crippen LogP contribution in [-0.2, 0) is 0 Å². The summed E-state index contributed by atoms with van der Waals surface area (Å²) < 4.78 is 0.840. The van der Waals surface area contributed by atoms with Crippen molar-refractivity contribution in [1.29, 1.82) is 0 Å². The molecule has 21 heavy (non-hydrogen) atoms. The van der Waals surface area contributed by atoms with Gasteiger partial charge in [-0.25, -0.2) is 9.97 Å². The van der Waals surface area contributed by atoms with E-state index < -0.39 is 0 Å². The molecule has 1 N–H and O–H groups in total. The minimum atomic E-state index is -0.275. The minimum Gasteiger partial charge on any atom is -0.296 e. The number of thioether (sulfide) groups is 1. The number of nitrogens with zero attached hydrogens (tertiary/aromatic N) is 4. The van der Waals surface area contributed by atoms with Crippen LogP contribution in [0.1, 0.15) is 49.8 Å². The van der Waals surface area contributed by atoms with Crippen molar-refractivity contribution < 1.29 is 4.79 Å². The Balaban J connectivity index is 2.02. The van der Waals surface area contributed by atoms with Crippen LogP contribution in [0.3, 0.4) is 0 Å². The van der Waals surface area contributed by atoms with E-state index in [0.29, 0.717) is 15.9 Å². The molecular formula is C13H17N5OS2. The second-order valence-corrected chi connectivity index (χ2v) is 7.78. The molecule has 2 aromatic rings. The van der Waals surface area contributed by atoms with E-state index in [1.54, 1.807) is 11.8 Å². The van der Waals surface area contributed by atoms with Crippen LogP contribution in [0.2, 0.25) is 0 Å². The molecule has 1 amide bonds. The highest BCUT2D eigenvalue weighted by atomic mass is 32.2. The van der Waals surface area contributed by atoms with Gasteiger partial charge in [-0.3, -0.25) is 10.1 Å². The Morgan fingerprint density at radius 3 is 2.43 bits per heavy atom. The fraction of sp³-hybridized carbons (Fsp3) is 0.462. The maximum atomic E-state index is 12.1. The highest BCUT2D eigenvalue weighted by molar-refractivity contribution is 8.01. The summed E-state index contributed by atoms with van der Waals surface area (Å²) >= 11 is 2.98.